The average molecular weight is 321 g/mol. The summed E-state index contributed by atoms with van der Waals surface area (Å²) in [6.07, 6.45) is 0. The van der Waals surface area contributed by atoms with E-state index in [1.165, 1.54) is 24.3 Å². The van der Waals surface area contributed by atoms with E-state index >= 15 is 0 Å². The highest BCUT2D eigenvalue weighted by molar-refractivity contribution is 7.89. The lowest BCUT2D eigenvalue weighted by Crippen LogP contribution is -2.31. The molecule has 0 aliphatic rings. The van der Waals surface area contributed by atoms with E-state index in [-0.39, 0.29) is 18.0 Å². The summed E-state index contributed by atoms with van der Waals surface area (Å²) in [5.41, 5.74) is 0.824. The van der Waals surface area contributed by atoms with Crippen molar-refractivity contribution in [1.29, 1.82) is 5.26 Å². The maximum atomic E-state index is 12.6. The van der Waals surface area contributed by atoms with E-state index in [9.17, 15) is 8.42 Å². The van der Waals surface area contributed by atoms with Crippen LogP contribution in [-0.2, 0) is 16.6 Å². The Balaban J connectivity index is 2.32. The molecule has 0 saturated heterocycles. The van der Waals surface area contributed by atoms with Gasteiger partial charge in [0.25, 0.3) is 0 Å². The van der Waals surface area contributed by atoms with E-state index in [1.54, 1.807) is 0 Å². The third-order valence-electron chi connectivity index (χ3n) is 2.90. The lowest BCUT2D eigenvalue weighted by molar-refractivity contribution is 0.441. The van der Waals surface area contributed by atoms with Gasteiger partial charge in [0.1, 0.15) is 6.54 Å². The average Bonchev–Trinajstić information content (AvgIpc) is 2.48. The first-order chi connectivity index (χ1) is 10.0. The molecule has 4 nitrogen and oxygen atoms in total. The van der Waals surface area contributed by atoms with Crippen molar-refractivity contribution in [2.24, 2.45) is 0 Å². The van der Waals surface area contributed by atoms with Gasteiger partial charge in [-0.3, -0.25) is 0 Å². The fourth-order valence-corrected chi connectivity index (χ4v) is 3.30. The molecule has 0 aliphatic heterocycles. The molecule has 2 aromatic rings. The van der Waals surface area contributed by atoms with Gasteiger partial charge in [-0.2, -0.15) is 9.57 Å². The number of benzene rings is 2. The molecule has 0 saturated carbocycles. The normalized spacial score (nSPS) is 11.3. The molecule has 6 heteroatoms. The molecule has 0 spiro atoms. The standard InChI is InChI=1S/C15H13ClN2O2S/c16-14-6-8-15(9-7-14)21(19,20)18(11-10-17)12-13-4-2-1-3-5-13/h1-9H,11-12H2. The molecule has 0 N–H and O–H groups in total. The molecular formula is C15H13ClN2O2S. The molecule has 0 atom stereocenters. The van der Waals surface area contributed by atoms with Crippen LogP contribution in [0.2, 0.25) is 5.02 Å². The lowest BCUT2D eigenvalue weighted by Gasteiger charge is -2.19. The number of nitrogens with zero attached hydrogens (tertiary/aromatic N) is 2. The summed E-state index contributed by atoms with van der Waals surface area (Å²) in [4.78, 5) is 0.123. The van der Waals surface area contributed by atoms with E-state index in [4.69, 9.17) is 16.9 Å². The van der Waals surface area contributed by atoms with Gasteiger partial charge in [0.2, 0.25) is 10.0 Å². The second kappa shape index (κ2) is 6.72. The smallest absolute Gasteiger partial charge is 0.207 e. The SMILES string of the molecule is N#CCN(Cc1ccccc1)S(=O)(=O)c1ccc(Cl)cc1. The summed E-state index contributed by atoms with van der Waals surface area (Å²) in [7, 11) is -3.73. The summed E-state index contributed by atoms with van der Waals surface area (Å²) in [5, 5.41) is 9.35. The number of nitriles is 1. The van der Waals surface area contributed by atoms with Gasteiger partial charge in [0, 0.05) is 11.6 Å². The zero-order valence-electron chi connectivity index (χ0n) is 11.1. The summed E-state index contributed by atoms with van der Waals surface area (Å²) in [6, 6.07) is 17.0. The van der Waals surface area contributed by atoms with Gasteiger partial charge in [0.15, 0.2) is 0 Å². The molecule has 0 unspecified atom stereocenters. The Bertz CT molecular complexity index is 737. The predicted molar refractivity (Wildman–Crippen MR) is 81.1 cm³/mol. The molecule has 108 valence electrons. The molecule has 0 amide bonds. The molecule has 0 aliphatic carbocycles. The van der Waals surface area contributed by atoms with Crippen LogP contribution in [0.4, 0.5) is 0 Å². The van der Waals surface area contributed by atoms with Crippen LogP contribution in [0.5, 0.6) is 0 Å². The maximum absolute atomic E-state index is 12.6. The molecular weight excluding hydrogens is 308 g/mol. The Morgan fingerprint density at radius 3 is 2.24 bits per heavy atom. The number of hydrogen-bond donors (Lipinski definition) is 0. The Kier molecular flexibility index (Phi) is 4.97. The molecule has 2 rings (SSSR count). The Morgan fingerprint density at radius 2 is 1.67 bits per heavy atom. The van der Waals surface area contributed by atoms with Crippen molar-refractivity contribution >= 4 is 21.6 Å². The van der Waals surface area contributed by atoms with Crippen molar-refractivity contribution in [2.45, 2.75) is 11.4 Å². The van der Waals surface area contributed by atoms with Crippen LogP contribution >= 0.6 is 11.6 Å². The van der Waals surface area contributed by atoms with Crippen LogP contribution in [-0.4, -0.2) is 19.3 Å². The minimum Gasteiger partial charge on any atom is -0.207 e. The molecule has 0 radical (unpaired) electrons. The zero-order chi connectivity index (χ0) is 15.3. The van der Waals surface area contributed by atoms with Crippen molar-refractivity contribution in [3.05, 3.63) is 65.2 Å². The number of hydrogen-bond acceptors (Lipinski definition) is 3. The van der Waals surface area contributed by atoms with Crippen LogP contribution in [0.3, 0.4) is 0 Å². The Hall–Kier alpha value is -1.87. The number of rotatable bonds is 5. The van der Waals surface area contributed by atoms with Crippen molar-refractivity contribution in [3.8, 4) is 6.07 Å². The summed E-state index contributed by atoms with van der Waals surface area (Å²) in [5.74, 6) is 0. The van der Waals surface area contributed by atoms with Gasteiger partial charge in [-0.05, 0) is 29.8 Å². The quantitative estimate of drug-likeness (QED) is 0.795. The largest absolute Gasteiger partial charge is 0.244 e. The number of halogens is 1. The van der Waals surface area contributed by atoms with Gasteiger partial charge in [0.05, 0.1) is 11.0 Å². The minimum absolute atomic E-state index is 0.123. The highest BCUT2D eigenvalue weighted by Crippen LogP contribution is 2.20. The summed E-state index contributed by atoms with van der Waals surface area (Å²) >= 11 is 5.77. The monoisotopic (exact) mass is 320 g/mol. The number of sulfonamides is 1. The Labute approximate surface area is 129 Å². The predicted octanol–water partition coefficient (Wildman–Crippen LogP) is 3.05. The topological polar surface area (TPSA) is 61.2 Å². The van der Waals surface area contributed by atoms with E-state index in [1.807, 2.05) is 36.4 Å². The molecule has 0 fully saturated rings. The van der Waals surface area contributed by atoms with Crippen molar-refractivity contribution in [2.75, 3.05) is 6.54 Å². The van der Waals surface area contributed by atoms with Crippen LogP contribution in [0, 0.1) is 11.3 Å². The van der Waals surface area contributed by atoms with Gasteiger partial charge in [-0.15, -0.1) is 0 Å². The van der Waals surface area contributed by atoms with Crippen molar-refractivity contribution in [3.63, 3.8) is 0 Å². The van der Waals surface area contributed by atoms with Gasteiger partial charge < -0.3 is 0 Å². The van der Waals surface area contributed by atoms with E-state index in [0.29, 0.717) is 5.02 Å². The van der Waals surface area contributed by atoms with Gasteiger partial charge in [-0.1, -0.05) is 41.9 Å². The molecule has 0 heterocycles. The third-order valence-corrected chi connectivity index (χ3v) is 4.96. The first-order valence-electron chi connectivity index (χ1n) is 6.20. The lowest BCUT2D eigenvalue weighted by atomic mass is 10.2. The van der Waals surface area contributed by atoms with E-state index in [0.717, 1.165) is 9.87 Å². The first kappa shape index (κ1) is 15.5. The highest BCUT2D eigenvalue weighted by atomic mass is 35.5. The first-order valence-corrected chi connectivity index (χ1v) is 8.02. The van der Waals surface area contributed by atoms with Crippen molar-refractivity contribution < 1.29 is 8.42 Å². The maximum Gasteiger partial charge on any atom is 0.244 e. The van der Waals surface area contributed by atoms with Crippen LogP contribution in [0.15, 0.2) is 59.5 Å². The van der Waals surface area contributed by atoms with E-state index in [2.05, 4.69) is 0 Å². The van der Waals surface area contributed by atoms with Crippen LogP contribution < -0.4 is 0 Å². The second-order valence-electron chi connectivity index (χ2n) is 4.37. The Morgan fingerprint density at radius 1 is 1.05 bits per heavy atom. The minimum atomic E-state index is -3.73. The summed E-state index contributed by atoms with van der Waals surface area (Å²) in [6.45, 7) is -0.0563. The molecule has 0 bridgehead atoms. The zero-order valence-corrected chi connectivity index (χ0v) is 12.7. The molecule has 21 heavy (non-hydrogen) atoms. The fraction of sp³-hybridized carbons (Fsp3) is 0.133. The van der Waals surface area contributed by atoms with Crippen molar-refractivity contribution in [1.82, 2.24) is 4.31 Å². The highest BCUT2D eigenvalue weighted by Gasteiger charge is 2.24. The molecule has 2 aromatic carbocycles. The van der Waals surface area contributed by atoms with Crippen LogP contribution in [0.25, 0.3) is 0 Å². The van der Waals surface area contributed by atoms with Gasteiger partial charge >= 0.3 is 0 Å². The van der Waals surface area contributed by atoms with E-state index < -0.39 is 10.0 Å². The van der Waals surface area contributed by atoms with Crippen LogP contribution in [0.1, 0.15) is 5.56 Å². The fourth-order valence-electron chi connectivity index (χ4n) is 1.85. The van der Waals surface area contributed by atoms with Gasteiger partial charge in [-0.25, -0.2) is 8.42 Å². The molecule has 0 aromatic heterocycles. The second-order valence-corrected chi connectivity index (χ2v) is 6.75. The summed E-state index contributed by atoms with van der Waals surface area (Å²) < 4.78 is 26.3. The third kappa shape index (κ3) is 3.82.